The van der Waals surface area contributed by atoms with Crippen molar-refractivity contribution in [2.24, 2.45) is 0 Å². The van der Waals surface area contributed by atoms with E-state index in [9.17, 15) is 0 Å². The van der Waals surface area contributed by atoms with E-state index in [-0.39, 0.29) is 0 Å². The van der Waals surface area contributed by atoms with Gasteiger partial charge in [0, 0.05) is 18.2 Å². The maximum Gasteiger partial charge on any atom is 0.127 e. The number of hydrogen-bond acceptors (Lipinski definition) is 3. The van der Waals surface area contributed by atoms with Gasteiger partial charge >= 0.3 is 0 Å². The number of benzene rings is 1. The molecule has 0 heterocycles. The van der Waals surface area contributed by atoms with Crippen LogP contribution < -0.4 is 14.8 Å². The van der Waals surface area contributed by atoms with Gasteiger partial charge in [-0.3, -0.25) is 0 Å². The van der Waals surface area contributed by atoms with Crippen molar-refractivity contribution >= 4 is 0 Å². The molecular weight excluding hydrogens is 178 g/mol. The summed E-state index contributed by atoms with van der Waals surface area (Å²) in [5.41, 5.74) is 1.11. The Balaban J connectivity index is 2.82. The third kappa shape index (κ3) is 2.64. The van der Waals surface area contributed by atoms with Crippen LogP contribution in [-0.2, 0) is 6.54 Å². The lowest BCUT2D eigenvalue weighted by atomic mass is 10.2. The fourth-order valence-corrected chi connectivity index (χ4v) is 1.22. The van der Waals surface area contributed by atoms with Crippen LogP contribution in [0.25, 0.3) is 0 Å². The molecule has 0 aliphatic rings. The number of rotatable bonds is 5. The van der Waals surface area contributed by atoms with Gasteiger partial charge in [0.25, 0.3) is 0 Å². The van der Waals surface area contributed by atoms with Crippen LogP contribution in [-0.4, -0.2) is 20.8 Å². The zero-order valence-corrected chi connectivity index (χ0v) is 8.67. The number of methoxy groups -OCH3 is 2. The summed E-state index contributed by atoms with van der Waals surface area (Å²) in [7, 11) is 3.30. The van der Waals surface area contributed by atoms with Crippen molar-refractivity contribution in [3.8, 4) is 11.5 Å². The van der Waals surface area contributed by atoms with E-state index in [0.717, 1.165) is 23.6 Å². The molecule has 0 spiro atoms. The Morgan fingerprint density at radius 3 is 2.64 bits per heavy atom. The first-order valence-corrected chi connectivity index (χ1v) is 4.52. The number of nitrogens with one attached hydrogen (secondary N) is 1. The predicted octanol–water partition coefficient (Wildman–Crippen LogP) is 1.63. The summed E-state index contributed by atoms with van der Waals surface area (Å²) in [6.07, 6.45) is 0. The monoisotopic (exact) mass is 194 g/mol. The molecule has 0 bridgehead atoms. The smallest absolute Gasteiger partial charge is 0.127 e. The Morgan fingerprint density at radius 1 is 1.29 bits per heavy atom. The normalized spacial score (nSPS) is 9.93. The van der Waals surface area contributed by atoms with Crippen molar-refractivity contribution in [1.82, 2.24) is 5.32 Å². The first kappa shape index (κ1) is 10.9. The Bertz CT molecular complexity index is 287. The Morgan fingerprint density at radius 2 is 2.07 bits per heavy atom. The van der Waals surface area contributed by atoms with E-state index in [4.69, 9.17) is 9.47 Å². The molecule has 1 N–H and O–H groups in total. The van der Waals surface area contributed by atoms with Crippen molar-refractivity contribution in [2.75, 3.05) is 20.8 Å². The van der Waals surface area contributed by atoms with E-state index >= 15 is 0 Å². The summed E-state index contributed by atoms with van der Waals surface area (Å²) in [5, 5.41) is 3.14. The van der Waals surface area contributed by atoms with Crippen LogP contribution in [0.4, 0.5) is 0 Å². The highest BCUT2D eigenvalue weighted by atomic mass is 16.5. The molecule has 1 aromatic carbocycles. The minimum atomic E-state index is 0.704. The Hall–Kier alpha value is -1.22. The fourth-order valence-electron chi connectivity index (χ4n) is 1.22. The van der Waals surface area contributed by atoms with Crippen molar-refractivity contribution in [2.45, 2.75) is 6.54 Å². The van der Waals surface area contributed by atoms with E-state index in [0.29, 0.717) is 6.54 Å². The van der Waals surface area contributed by atoms with Gasteiger partial charge in [-0.25, -0.2) is 0 Å². The third-order valence-electron chi connectivity index (χ3n) is 1.99. The minimum Gasteiger partial charge on any atom is -0.497 e. The molecular formula is C11H16NO2. The fraction of sp³-hybridized carbons (Fsp3) is 0.364. The molecule has 0 aromatic heterocycles. The van der Waals surface area contributed by atoms with Gasteiger partial charge in [0.2, 0.25) is 0 Å². The second-order valence-electron chi connectivity index (χ2n) is 2.85. The highest BCUT2D eigenvalue weighted by Crippen LogP contribution is 2.24. The SMILES string of the molecule is [CH2]CNCc1ccc(OC)cc1OC. The first-order chi connectivity index (χ1) is 6.81. The van der Waals surface area contributed by atoms with Gasteiger partial charge in [-0.05, 0) is 19.5 Å². The van der Waals surface area contributed by atoms with Crippen LogP contribution in [0.3, 0.4) is 0 Å². The molecule has 3 heteroatoms. The van der Waals surface area contributed by atoms with E-state index in [1.807, 2.05) is 18.2 Å². The summed E-state index contributed by atoms with van der Waals surface area (Å²) >= 11 is 0. The first-order valence-electron chi connectivity index (χ1n) is 4.52. The van der Waals surface area contributed by atoms with Crippen LogP contribution in [0, 0.1) is 6.92 Å². The van der Waals surface area contributed by atoms with Gasteiger partial charge in [0.05, 0.1) is 14.2 Å². The van der Waals surface area contributed by atoms with Crippen LogP contribution in [0.1, 0.15) is 5.56 Å². The van der Waals surface area contributed by atoms with Gasteiger partial charge in [0.1, 0.15) is 11.5 Å². The van der Waals surface area contributed by atoms with Crippen LogP contribution in [0.15, 0.2) is 18.2 Å². The zero-order valence-electron chi connectivity index (χ0n) is 8.67. The standard InChI is InChI=1S/C11H16NO2/c1-4-12-8-9-5-6-10(13-2)7-11(9)14-3/h5-7,12H,1,4,8H2,2-3H3. The molecule has 0 unspecified atom stereocenters. The molecule has 0 saturated carbocycles. The largest absolute Gasteiger partial charge is 0.497 e. The van der Waals surface area contributed by atoms with Crippen molar-refractivity contribution in [1.29, 1.82) is 0 Å². The van der Waals surface area contributed by atoms with Gasteiger partial charge < -0.3 is 14.8 Å². The molecule has 0 saturated heterocycles. The lowest BCUT2D eigenvalue weighted by Gasteiger charge is -2.10. The number of ether oxygens (including phenoxy) is 2. The average molecular weight is 194 g/mol. The summed E-state index contributed by atoms with van der Waals surface area (Å²) in [4.78, 5) is 0. The molecule has 0 amide bonds. The quantitative estimate of drug-likeness (QED) is 0.772. The minimum absolute atomic E-state index is 0.704. The van der Waals surface area contributed by atoms with Crippen LogP contribution >= 0.6 is 0 Å². The van der Waals surface area contributed by atoms with Crippen molar-refractivity contribution in [3.05, 3.63) is 30.7 Å². The topological polar surface area (TPSA) is 30.5 Å². The lowest BCUT2D eigenvalue weighted by molar-refractivity contribution is 0.390. The molecule has 0 aliphatic heterocycles. The van der Waals surface area contributed by atoms with E-state index in [1.54, 1.807) is 14.2 Å². The van der Waals surface area contributed by atoms with Crippen molar-refractivity contribution in [3.63, 3.8) is 0 Å². The maximum absolute atomic E-state index is 5.24. The predicted molar refractivity (Wildman–Crippen MR) is 56.6 cm³/mol. The summed E-state index contributed by atoms with van der Waals surface area (Å²) < 4.78 is 10.3. The molecule has 1 radical (unpaired) electrons. The third-order valence-corrected chi connectivity index (χ3v) is 1.99. The Kier molecular flexibility index (Phi) is 4.26. The van der Waals surface area contributed by atoms with E-state index in [2.05, 4.69) is 12.2 Å². The van der Waals surface area contributed by atoms with Gasteiger partial charge in [-0.15, -0.1) is 0 Å². The molecule has 14 heavy (non-hydrogen) atoms. The molecule has 1 rings (SSSR count). The second kappa shape index (κ2) is 5.50. The van der Waals surface area contributed by atoms with Crippen molar-refractivity contribution < 1.29 is 9.47 Å². The van der Waals surface area contributed by atoms with Gasteiger partial charge in [-0.1, -0.05) is 6.07 Å². The highest BCUT2D eigenvalue weighted by molar-refractivity contribution is 5.40. The molecule has 1 aromatic rings. The lowest BCUT2D eigenvalue weighted by Crippen LogP contribution is -2.12. The number of hydrogen-bond donors (Lipinski definition) is 1. The zero-order chi connectivity index (χ0) is 10.4. The molecule has 0 fully saturated rings. The molecule has 0 atom stereocenters. The average Bonchev–Trinajstić information content (AvgIpc) is 2.26. The van der Waals surface area contributed by atoms with Gasteiger partial charge in [0.15, 0.2) is 0 Å². The summed E-state index contributed by atoms with van der Waals surface area (Å²) in [5.74, 6) is 1.64. The molecule has 0 aliphatic carbocycles. The maximum atomic E-state index is 5.24. The van der Waals surface area contributed by atoms with E-state index in [1.165, 1.54) is 0 Å². The van der Waals surface area contributed by atoms with Crippen LogP contribution in [0.5, 0.6) is 11.5 Å². The molecule has 3 nitrogen and oxygen atoms in total. The Labute approximate surface area is 85.0 Å². The van der Waals surface area contributed by atoms with E-state index < -0.39 is 0 Å². The van der Waals surface area contributed by atoms with Crippen LogP contribution in [0.2, 0.25) is 0 Å². The summed E-state index contributed by atoms with van der Waals surface area (Å²) in [6.45, 7) is 5.18. The van der Waals surface area contributed by atoms with Gasteiger partial charge in [-0.2, -0.15) is 0 Å². The summed E-state index contributed by atoms with van der Waals surface area (Å²) in [6, 6.07) is 5.78. The molecule has 77 valence electrons. The highest BCUT2D eigenvalue weighted by Gasteiger charge is 2.03. The second-order valence-corrected chi connectivity index (χ2v) is 2.85.